The first-order valence-electron chi connectivity index (χ1n) is 5.12. The first-order chi connectivity index (χ1) is 7.83. The van der Waals surface area contributed by atoms with E-state index in [0.717, 1.165) is 4.90 Å². The molecule has 98 valence electrons. The summed E-state index contributed by atoms with van der Waals surface area (Å²) in [5, 5.41) is 2.46. The van der Waals surface area contributed by atoms with E-state index in [9.17, 15) is 22.8 Å². The quantitative estimate of drug-likeness (QED) is 0.783. The van der Waals surface area contributed by atoms with Gasteiger partial charge in [-0.05, 0) is 6.42 Å². The van der Waals surface area contributed by atoms with Crippen molar-refractivity contribution < 1.29 is 27.5 Å². The summed E-state index contributed by atoms with van der Waals surface area (Å²) in [5.41, 5.74) is 0. The van der Waals surface area contributed by atoms with Gasteiger partial charge in [0, 0.05) is 6.54 Å². The Hall–Kier alpha value is -1.31. The van der Waals surface area contributed by atoms with Crippen molar-refractivity contribution in [1.82, 2.24) is 10.2 Å². The van der Waals surface area contributed by atoms with Gasteiger partial charge in [0.15, 0.2) is 0 Å². The predicted molar refractivity (Wildman–Crippen MR) is 50.8 cm³/mol. The molecule has 0 aromatic rings. The van der Waals surface area contributed by atoms with Crippen molar-refractivity contribution in [2.24, 2.45) is 0 Å². The summed E-state index contributed by atoms with van der Waals surface area (Å²) in [7, 11) is 0. The molecule has 1 fully saturated rings. The van der Waals surface area contributed by atoms with Gasteiger partial charge in [0.2, 0.25) is 11.8 Å². The minimum absolute atomic E-state index is 0.226. The number of halogens is 3. The van der Waals surface area contributed by atoms with E-state index >= 15 is 0 Å². The Labute approximate surface area is 95.9 Å². The van der Waals surface area contributed by atoms with Gasteiger partial charge in [0.1, 0.15) is 6.04 Å². The maximum Gasteiger partial charge on any atom is 0.522 e. The molecular formula is C9H13F3N2O3. The van der Waals surface area contributed by atoms with Gasteiger partial charge in [-0.25, -0.2) is 0 Å². The lowest BCUT2D eigenvalue weighted by atomic mass is 10.1. The first-order valence-corrected chi connectivity index (χ1v) is 5.12. The van der Waals surface area contributed by atoms with E-state index < -0.39 is 19.0 Å². The van der Waals surface area contributed by atoms with Crippen LogP contribution >= 0.6 is 0 Å². The molecule has 1 N–H and O–H groups in total. The number of rotatable bonds is 4. The lowest BCUT2D eigenvalue weighted by Crippen LogP contribution is -2.58. The summed E-state index contributed by atoms with van der Waals surface area (Å²) in [6, 6.07) is -0.651. The van der Waals surface area contributed by atoms with Crippen LogP contribution in [0.1, 0.15) is 13.3 Å². The van der Waals surface area contributed by atoms with Crippen LogP contribution in [0.25, 0.3) is 0 Å². The number of hydrogen-bond donors (Lipinski definition) is 1. The Morgan fingerprint density at radius 3 is 2.65 bits per heavy atom. The van der Waals surface area contributed by atoms with Crippen LogP contribution in [0.2, 0.25) is 0 Å². The van der Waals surface area contributed by atoms with Crippen molar-refractivity contribution >= 4 is 11.8 Å². The van der Waals surface area contributed by atoms with Gasteiger partial charge in [0.25, 0.3) is 0 Å². The highest BCUT2D eigenvalue weighted by Gasteiger charge is 2.33. The molecule has 0 aliphatic carbocycles. The smallest absolute Gasteiger partial charge is 0.343 e. The highest BCUT2D eigenvalue weighted by Crippen LogP contribution is 2.16. The van der Waals surface area contributed by atoms with Crippen molar-refractivity contribution in [1.29, 1.82) is 0 Å². The summed E-state index contributed by atoms with van der Waals surface area (Å²) < 4.78 is 38.7. The summed E-state index contributed by atoms with van der Waals surface area (Å²) in [6.45, 7) is 0.566. The topological polar surface area (TPSA) is 58.6 Å². The Morgan fingerprint density at radius 1 is 1.47 bits per heavy atom. The second-order valence-corrected chi connectivity index (χ2v) is 3.58. The fraction of sp³-hybridized carbons (Fsp3) is 0.778. The molecule has 17 heavy (non-hydrogen) atoms. The zero-order chi connectivity index (χ0) is 13.1. The second kappa shape index (κ2) is 5.35. The van der Waals surface area contributed by atoms with E-state index in [1.54, 1.807) is 6.92 Å². The van der Waals surface area contributed by atoms with Crippen LogP contribution in [0, 0.1) is 0 Å². The van der Waals surface area contributed by atoms with Gasteiger partial charge in [-0.3, -0.25) is 14.3 Å². The number of carbonyl (C=O) groups excluding carboxylic acids is 2. The van der Waals surface area contributed by atoms with Crippen molar-refractivity contribution in [3.63, 3.8) is 0 Å². The summed E-state index contributed by atoms with van der Waals surface area (Å²) >= 11 is 0. The Balaban J connectivity index is 2.46. The molecule has 0 spiro atoms. The van der Waals surface area contributed by atoms with Gasteiger partial charge in [-0.2, -0.15) is 0 Å². The molecule has 1 heterocycles. The summed E-state index contributed by atoms with van der Waals surface area (Å²) in [6.07, 6.45) is -4.31. The number of carbonyl (C=O) groups is 2. The number of amides is 2. The van der Waals surface area contributed by atoms with Crippen molar-refractivity contribution in [3.05, 3.63) is 0 Å². The van der Waals surface area contributed by atoms with Gasteiger partial charge in [0.05, 0.1) is 13.2 Å². The van der Waals surface area contributed by atoms with E-state index in [4.69, 9.17) is 0 Å². The van der Waals surface area contributed by atoms with E-state index in [2.05, 4.69) is 10.1 Å². The van der Waals surface area contributed by atoms with Crippen LogP contribution in [0.15, 0.2) is 0 Å². The van der Waals surface area contributed by atoms with Crippen LogP contribution in [0.4, 0.5) is 13.2 Å². The molecule has 0 aromatic carbocycles. The molecule has 1 unspecified atom stereocenters. The zero-order valence-electron chi connectivity index (χ0n) is 9.21. The first kappa shape index (κ1) is 13.8. The van der Waals surface area contributed by atoms with Gasteiger partial charge >= 0.3 is 6.36 Å². The normalized spacial score (nSPS) is 21.6. The van der Waals surface area contributed by atoms with E-state index in [-0.39, 0.29) is 24.9 Å². The van der Waals surface area contributed by atoms with E-state index in [1.165, 1.54) is 0 Å². The SMILES string of the molecule is CCC1NC(=O)CN(CCOC(F)(F)F)C1=O. The van der Waals surface area contributed by atoms with Gasteiger partial charge < -0.3 is 10.2 Å². The van der Waals surface area contributed by atoms with Crippen LogP contribution in [-0.2, 0) is 14.3 Å². The van der Waals surface area contributed by atoms with Gasteiger partial charge in [-0.1, -0.05) is 6.92 Å². The molecule has 1 aliphatic rings. The van der Waals surface area contributed by atoms with E-state index in [1.807, 2.05) is 0 Å². The fourth-order valence-electron chi connectivity index (χ4n) is 1.51. The van der Waals surface area contributed by atoms with Crippen molar-refractivity contribution in [2.75, 3.05) is 19.7 Å². The fourth-order valence-corrected chi connectivity index (χ4v) is 1.51. The average Bonchev–Trinajstić information content (AvgIpc) is 2.20. The minimum atomic E-state index is -4.72. The number of nitrogens with one attached hydrogen (secondary N) is 1. The van der Waals surface area contributed by atoms with Crippen LogP contribution in [-0.4, -0.2) is 48.8 Å². The molecule has 0 bridgehead atoms. The summed E-state index contributed by atoms with van der Waals surface area (Å²) in [4.78, 5) is 23.9. The van der Waals surface area contributed by atoms with Crippen molar-refractivity contribution in [2.45, 2.75) is 25.7 Å². The lowest BCUT2D eigenvalue weighted by molar-refractivity contribution is -0.324. The highest BCUT2D eigenvalue weighted by molar-refractivity contribution is 5.94. The number of ether oxygens (including phenoxy) is 1. The van der Waals surface area contributed by atoms with Crippen LogP contribution in [0.5, 0.6) is 0 Å². The molecule has 8 heteroatoms. The Kier molecular flexibility index (Phi) is 4.33. The van der Waals surface area contributed by atoms with Crippen molar-refractivity contribution in [3.8, 4) is 0 Å². The van der Waals surface area contributed by atoms with E-state index in [0.29, 0.717) is 6.42 Å². The van der Waals surface area contributed by atoms with Gasteiger partial charge in [-0.15, -0.1) is 13.2 Å². The molecule has 5 nitrogen and oxygen atoms in total. The Bertz CT molecular complexity index is 306. The molecule has 1 aliphatic heterocycles. The standard InChI is InChI=1S/C9H13F3N2O3/c1-2-6-8(16)14(5-7(15)13-6)3-4-17-9(10,11)12/h6H,2-5H2,1H3,(H,13,15). The molecule has 0 saturated carbocycles. The third kappa shape index (κ3) is 4.22. The largest absolute Gasteiger partial charge is 0.522 e. The van der Waals surface area contributed by atoms with Crippen LogP contribution < -0.4 is 5.32 Å². The molecular weight excluding hydrogens is 241 g/mol. The maximum absolute atomic E-state index is 11.7. The molecule has 0 radical (unpaired) electrons. The molecule has 2 amide bonds. The third-order valence-corrected chi connectivity index (χ3v) is 2.31. The molecule has 0 aromatic heterocycles. The summed E-state index contributed by atoms with van der Waals surface area (Å²) in [5.74, 6) is -0.749. The maximum atomic E-state index is 11.7. The van der Waals surface area contributed by atoms with Crippen LogP contribution in [0.3, 0.4) is 0 Å². The second-order valence-electron chi connectivity index (χ2n) is 3.58. The predicted octanol–water partition coefficient (Wildman–Crippen LogP) is 0.260. The average molecular weight is 254 g/mol. The number of nitrogens with zero attached hydrogens (tertiary/aromatic N) is 1. The third-order valence-electron chi connectivity index (χ3n) is 2.31. The monoisotopic (exact) mass is 254 g/mol. The lowest BCUT2D eigenvalue weighted by Gasteiger charge is -2.31. The zero-order valence-corrected chi connectivity index (χ0v) is 9.21. The molecule has 1 atom stereocenters. The molecule has 1 saturated heterocycles. The Morgan fingerprint density at radius 2 is 2.12 bits per heavy atom. The number of alkyl halides is 3. The number of hydrogen-bond acceptors (Lipinski definition) is 3. The highest BCUT2D eigenvalue weighted by atomic mass is 19.4. The minimum Gasteiger partial charge on any atom is -0.343 e. The molecule has 1 rings (SSSR count). The number of piperazine rings is 1.